The molecule has 0 unspecified atom stereocenters. The summed E-state index contributed by atoms with van der Waals surface area (Å²) in [6, 6.07) is 2.84. The van der Waals surface area contributed by atoms with Crippen molar-refractivity contribution in [3.05, 3.63) is 42.2 Å². The van der Waals surface area contributed by atoms with E-state index in [0.29, 0.717) is 19.6 Å². The van der Waals surface area contributed by atoms with Crippen molar-refractivity contribution >= 4 is 17.7 Å². The van der Waals surface area contributed by atoms with Crippen LogP contribution in [0.2, 0.25) is 0 Å². The van der Waals surface area contributed by atoms with Gasteiger partial charge in [0.25, 0.3) is 0 Å². The lowest BCUT2D eigenvalue weighted by atomic mass is 10.1. The van der Waals surface area contributed by atoms with E-state index < -0.39 is 17.8 Å². The third-order valence-corrected chi connectivity index (χ3v) is 2.48. The van der Waals surface area contributed by atoms with E-state index in [9.17, 15) is 14.0 Å². The lowest BCUT2D eigenvalue weighted by molar-refractivity contribution is 0.0697. The molecule has 6 nitrogen and oxygen atoms in total. The third-order valence-electron chi connectivity index (χ3n) is 2.48. The maximum Gasteiger partial charge on any atom is 0.337 e. The first kappa shape index (κ1) is 16.6. The van der Waals surface area contributed by atoms with E-state index in [1.165, 1.54) is 12.1 Å². The van der Waals surface area contributed by atoms with Crippen molar-refractivity contribution < 1.29 is 23.8 Å². The van der Waals surface area contributed by atoms with Crippen LogP contribution >= 0.6 is 0 Å². The Morgan fingerprint density at radius 3 is 2.81 bits per heavy atom. The molecule has 0 atom stereocenters. The first-order chi connectivity index (χ1) is 10.1. The summed E-state index contributed by atoms with van der Waals surface area (Å²) in [6.45, 7) is 4.56. The zero-order valence-electron chi connectivity index (χ0n) is 11.4. The van der Waals surface area contributed by atoms with E-state index in [1.54, 1.807) is 6.08 Å². The number of carbonyl (C=O) groups is 2. The van der Waals surface area contributed by atoms with E-state index in [0.717, 1.165) is 6.07 Å². The molecule has 0 saturated carbocycles. The Bertz CT molecular complexity index is 520. The smallest absolute Gasteiger partial charge is 0.337 e. The number of anilines is 1. The molecular weight excluding hydrogens is 279 g/mol. The Morgan fingerprint density at radius 2 is 2.14 bits per heavy atom. The Balaban J connectivity index is 2.48. The molecule has 0 aliphatic carbocycles. The maximum absolute atomic E-state index is 13.6. The Kier molecular flexibility index (Phi) is 6.90. The fourth-order valence-electron chi connectivity index (χ4n) is 1.49. The van der Waals surface area contributed by atoms with Gasteiger partial charge in [0.05, 0.1) is 24.5 Å². The summed E-state index contributed by atoms with van der Waals surface area (Å²) in [5.74, 6) is -2.13. The number of halogens is 1. The van der Waals surface area contributed by atoms with Gasteiger partial charge in [0.2, 0.25) is 0 Å². The quantitative estimate of drug-likeness (QED) is 0.507. The largest absolute Gasteiger partial charge is 0.478 e. The molecular formula is C14H17FN2O4. The molecule has 1 aromatic rings. The lowest BCUT2D eigenvalue weighted by Crippen LogP contribution is -2.32. The van der Waals surface area contributed by atoms with E-state index >= 15 is 0 Å². The van der Waals surface area contributed by atoms with Crippen LogP contribution < -0.4 is 10.6 Å². The Labute approximate surface area is 121 Å². The molecule has 1 rings (SSSR count). The number of hydrogen-bond donors (Lipinski definition) is 3. The van der Waals surface area contributed by atoms with E-state index in [4.69, 9.17) is 9.84 Å². The second-order valence-electron chi connectivity index (χ2n) is 4.04. The number of amides is 2. The number of carboxylic acids is 1. The Morgan fingerprint density at radius 1 is 1.38 bits per heavy atom. The van der Waals surface area contributed by atoms with Crippen LogP contribution in [0.5, 0.6) is 0 Å². The fraction of sp³-hybridized carbons (Fsp3) is 0.286. The summed E-state index contributed by atoms with van der Waals surface area (Å²) in [6.07, 6.45) is 2.43. The summed E-state index contributed by atoms with van der Waals surface area (Å²) < 4.78 is 18.7. The second-order valence-corrected chi connectivity index (χ2v) is 4.04. The topological polar surface area (TPSA) is 87.7 Å². The number of benzene rings is 1. The molecule has 21 heavy (non-hydrogen) atoms. The summed E-state index contributed by atoms with van der Waals surface area (Å²) >= 11 is 0. The number of ether oxygens (including phenoxy) is 1. The summed E-state index contributed by atoms with van der Waals surface area (Å²) in [5.41, 5.74) is -0.678. The third kappa shape index (κ3) is 5.62. The predicted octanol–water partition coefficient (Wildman–Crippen LogP) is 2.24. The number of carbonyl (C=O) groups excluding carboxylic acids is 1. The second kappa shape index (κ2) is 8.70. The van der Waals surface area contributed by atoms with Gasteiger partial charge in [-0.05, 0) is 18.6 Å². The van der Waals surface area contributed by atoms with Gasteiger partial charge in [-0.25, -0.2) is 14.0 Å². The molecule has 7 heteroatoms. The molecule has 0 radical (unpaired) electrons. The molecule has 0 saturated heterocycles. The molecule has 0 spiro atoms. The van der Waals surface area contributed by atoms with Gasteiger partial charge in [0, 0.05) is 6.54 Å². The molecule has 1 aromatic carbocycles. The van der Waals surface area contributed by atoms with Crippen molar-refractivity contribution in [2.24, 2.45) is 0 Å². The van der Waals surface area contributed by atoms with Crippen LogP contribution in [0.4, 0.5) is 14.9 Å². The SMILES string of the molecule is C=CCCOCCNC(=O)Nc1c(F)cccc1C(=O)O. The molecule has 0 fully saturated rings. The molecule has 0 aromatic heterocycles. The van der Waals surface area contributed by atoms with Crippen molar-refractivity contribution in [2.45, 2.75) is 6.42 Å². The van der Waals surface area contributed by atoms with Crippen molar-refractivity contribution in [3.63, 3.8) is 0 Å². The van der Waals surface area contributed by atoms with Crippen LogP contribution in [0.25, 0.3) is 0 Å². The minimum atomic E-state index is -1.32. The average Bonchev–Trinajstić information content (AvgIpc) is 2.44. The monoisotopic (exact) mass is 296 g/mol. The van der Waals surface area contributed by atoms with Crippen LogP contribution in [-0.2, 0) is 4.74 Å². The van der Waals surface area contributed by atoms with Gasteiger partial charge >= 0.3 is 12.0 Å². The highest BCUT2D eigenvalue weighted by Crippen LogP contribution is 2.19. The van der Waals surface area contributed by atoms with Gasteiger partial charge in [0.15, 0.2) is 0 Å². The Hall–Kier alpha value is -2.41. The van der Waals surface area contributed by atoms with Gasteiger partial charge in [-0.3, -0.25) is 0 Å². The van der Waals surface area contributed by atoms with Crippen LogP contribution in [0.1, 0.15) is 16.8 Å². The molecule has 114 valence electrons. The first-order valence-electron chi connectivity index (χ1n) is 6.31. The highest BCUT2D eigenvalue weighted by molar-refractivity contribution is 6.00. The van der Waals surface area contributed by atoms with Crippen LogP contribution in [-0.4, -0.2) is 36.9 Å². The first-order valence-corrected chi connectivity index (χ1v) is 6.31. The number of hydrogen-bond acceptors (Lipinski definition) is 3. The van der Waals surface area contributed by atoms with Gasteiger partial charge < -0.3 is 20.5 Å². The number of nitrogens with one attached hydrogen (secondary N) is 2. The summed E-state index contributed by atoms with van der Waals surface area (Å²) in [5, 5.41) is 13.6. The van der Waals surface area contributed by atoms with Gasteiger partial charge in [-0.15, -0.1) is 6.58 Å². The zero-order valence-corrected chi connectivity index (χ0v) is 11.4. The van der Waals surface area contributed by atoms with E-state index in [2.05, 4.69) is 17.2 Å². The lowest BCUT2D eigenvalue weighted by Gasteiger charge is -2.10. The molecule has 0 aliphatic rings. The van der Waals surface area contributed by atoms with E-state index in [1.807, 2.05) is 0 Å². The highest BCUT2D eigenvalue weighted by Gasteiger charge is 2.16. The molecule has 0 bridgehead atoms. The summed E-state index contributed by atoms with van der Waals surface area (Å²) in [7, 11) is 0. The number of urea groups is 1. The number of carboxylic acid groups (broad SMARTS) is 1. The van der Waals surface area contributed by atoms with Crippen molar-refractivity contribution in [1.29, 1.82) is 0 Å². The minimum Gasteiger partial charge on any atom is -0.478 e. The number of rotatable bonds is 8. The molecule has 0 aliphatic heterocycles. The average molecular weight is 296 g/mol. The van der Waals surface area contributed by atoms with Crippen LogP contribution in [0, 0.1) is 5.82 Å². The minimum absolute atomic E-state index is 0.222. The molecule has 3 N–H and O–H groups in total. The van der Waals surface area contributed by atoms with E-state index in [-0.39, 0.29) is 17.8 Å². The maximum atomic E-state index is 13.6. The van der Waals surface area contributed by atoms with Gasteiger partial charge in [0.1, 0.15) is 5.82 Å². The zero-order chi connectivity index (χ0) is 15.7. The normalized spacial score (nSPS) is 9.95. The summed E-state index contributed by atoms with van der Waals surface area (Å²) in [4.78, 5) is 22.5. The molecule has 0 heterocycles. The number of aromatic carboxylic acids is 1. The van der Waals surface area contributed by atoms with Crippen molar-refractivity contribution in [2.75, 3.05) is 25.1 Å². The molecule has 2 amide bonds. The van der Waals surface area contributed by atoms with Crippen molar-refractivity contribution in [3.8, 4) is 0 Å². The standard InChI is InChI=1S/C14H17FN2O4/c1-2-3-8-21-9-7-16-14(20)17-12-10(13(18)19)5-4-6-11(12)15/h2,4-6H,1,3,7-9H2,(H,18,19)(H2,16,17,20). The van der Waals surface area contributed by atoms with Crippen molar-refractivity contribution in [1.82, 2.24) is 5.32 Å². The highest BCUT2D eigenvalue weighted by atomic mass is 19.1. The van der Waals surface area contributed by atoms with Gasteiger partial charge in [-0.1, -0.05) is 12.1 Å². The van der Waals surface area contributed by atoms with Crippen LogP contribution in [0.15, 0.2) is 30.9 Å². The fourth-order valence-corrected chi connectivity index (χ4v) is 1.49. The number of para-hydroxylation sites is 1. The van der Waals surface area contributed by atoms with Gasteiger partial charge in [-0.2, -0.15) is 0 Å². The van der Waals surface area contributed by atoms with Crippen LogP contribution in [0.3, 0.4) is 0 Å². The predicted molar refractivity (Wildman–Crippen MR) is 76.0 cm³/mol.